The number of halogens is 1. The first-order chi connectivity index (χ1) is 18.6. The summed E-state index contributed by atoms with van der Waals surface area (Å²) in [6.45, 7) is 0. The van der Waals surface area contributed by atoms with E-state index in [2.05, 4.69) is 35.5 Å². The molecule has 0 radical (unpaired) electrons. The van der Waals surface area contributed by atoms with Gasteiger partial charge in [-0.2, -0.15) is 9.49 Å². The predicted octanol–water partition coefficient (Wildman–Crippen LogP) is 6.56. The molecule has 0 aromatic carbocycles. The Morgan fingerprint density at radius 3 is 2.68 bits per heavy atom. The van der Waals surface area contributed by atoms with Crippen LogP contribution in [0.5, 0.6) is 0 Å². The second kappa shape index (κ2) is 9.14. The van der Waals surface area contributed by atoms with Gasteiger partial charge in [0.05, 0.1) is 17.6 Å². The normalized spacial score (nSPS) is 14.0. The number of fused-ring (bicyclic) bond motifs is 2. The zero-order valence-corrected chi connectivity index (χ0v) is 21.0. The van der Waals surface area contributed by atoms with Gasteiger partial charge in [-0.1, -0.05) is 12.8 Å². The van der Waals surface area contributed by atoms with E-state index in [1.54, 1.807) is 30.9 Å². The van der Waals surface area contributed by atoms with E-state index >= 15 is 0 Å². The van der Waals surface area contributed by atoms with Crippen LogP contribution in [0.1, 0.15) is 25.7 Å². The summed E-state index contributed by atoms with van der Waals surface area (Å²) in [7, 11) is 0. The third-order valence-electron chi connectivity index (χ3n) is 7.11. The highest BCUT2D eigenvalue weighted by atomic mass is 32.1. The molecular formula is C28H22FN7OS. The highest BCUT2D eigenvalue weighted by Crippen LogP contribution is 2.36. The Morgan fingerprint density at radius 2 is 1.84 bits per heavy atom. The maximum Gasteiger partial charge on any atom is 0.227 e. The molecule has 1 aliphatic carbocycles. The molecule has 0 spiro atoms. The van der Waals surface area contributed by atoms with E-state index in [9.17, 15) is 9.18 Å². The Labute approximate surface area is 220 Å². The summed E-state index contributed by atoms with van der Waals surface area (Å²) in [6.07, 6.45) is 11.0. The van der Waals surface area contributed by atoms with Crippen LogP contribution in [0.2, 0.25) is 0 Å². The fourth-order valence-corrected chi connectivity index (χ4v) is 5.96. The monoisotopic (exact) mass is 523 g/mol. The van der Waals surface area contributed by atoms with Crippen molar-refractivity contribution in [2.45, 2.75) is 25.7 Å². The minimum Gasteiger partial charge on any atom is -0.338 e. The summed E-state index contributed by atoms with van der Waals surface area (Å²) in [5, 5.41) is 12.0. The lowest BCUT2D eigenvalue weighted by Crippen LogP contribution is -2.20. The van der Waals surface area contributed by atoms with E-state index in [1.165, 1.54) is 6.07 Å². The van der Waals surface area contributed by atoms with Gasteiger partial charge in [0.15, 0.2) is 10.8 Å². The van der Waals surface area contributed by atoms with Crippen LogP contribution >= 0.6 is 11.3 Å². The second-order valence-corrected chi connectivity index (χ2v) is 10.6. The molecule has 1 fully saturated rings. The number of thiophene rings is 1. The fraction of sp³-hybridized carbons (Fsp3) is 0.179. The summed E-state index contributed by atoms with van der Waals surface area (Å²) in [5.74, 6) is 0.138. The molecule has 6 aromatic rings. The maximum atomic E-state index is 13.7. The molecule has 1 amide bonds. The van der Waals surface area contributed by atoms with Crippen molar-refractivity contribution in [1.82, 2.24) is 30.1 Å². The third-order valence-corrected chi connectivity index (χ3v) is 8.01. The van der Waals surface area contributed by atoms with Gasteiger partial charge in [-0.25, -0.2) is 9.97 Å². The molecule has 6 heterocycles. The molecule has 6 aromatic heterocycles. The molecule has 0 aliphatic heterocycles. The SMILES string of the molecule is O=C(Nc1cncc(-c2cnc3[nH]nc(-c4cc5c(-c6ccc(F)s6)ccnc5[nH]4)c3c2)c1)C1CCCC1. The van der Waals surface area contributed by atoms with Crippen molar-refractivity contribution in [2.75, 3.05) is 5.32 Å². The molecule has 0 saturated heterocycles. The highest BCUT2D eigenvalue weighted by Gasteiger charge is 2.23. The van der Waals surface area contributed by atoms with Gasteiger partial charge in [-0.15, -0.1) is 11.3 Å². The van der Waals surface area contributed by atoms with Crippen LogP contribution in [0, 0.1) is 11.0 Å². The first-order valence-corrected chi connectivity index (χ1v) is 13.3. The molecule has 0 unspecified atom stereocenters. The molecule has 38 heavy (non-hydrogen) atoms. The molecule has 0 bridgehead atoms. The lowest BCUT2D eigenvalue weighted by molar-refractivity contribution is -0.119. The highest BCUT2D eigenvalue weighted by molar-refractivity contribution is 7.14. The zero-order valence-electron chi connectivity index (χ0n) is 20.2. The maximum absolute atomic E-state index is 13.7. The number of nitrogens with one attached hydrogen (secondary N) is 3. The van der Waals surface area contributed by atoms with E-state index < -0.39 is 0 Å². The van der Waals surface area contributed by atoms with Crippen LogP contribution in [-0.2, 0) is 4.79 Å². The van der Waals surface area contributed by atoms with Gasteiger partial charge in [0, 0.05) is 56.8 Å². The van der Waals surface area contributed by atoms with E-state index in [1.807, 2.05) is 24.3 Å². The van der Waals surface area contributed by atoms with E-state index in [4.69, 9.17) is 0 Å². The van der Waals surface area contributed by atoms with Crippen molar-refractivity contribution in [3.8, 4) is 33.0 Å². The number of hydrogen-bond acceptors (Lipinski definition) is 6. The Morgan fingerprint density at radius 1 is 0.974 bits per heavy atom. The number of rotatable bonds is 5. The molecule has 7 rings (SSSR count). The summed E-state index contributed by atoms with van der Waals surface area (Å²) in [5.41, 5.74) is 6.10. The van der Waals surface area contributed by atoms with Crippen LogP contribution in [0.25, 0.3) is 55.0 Å². The largest absolute Gasteiger partial charge is 0.338 e. The smallest absolute Gasteiger partial charge is 0.227 e. The van der Waals surface area contributed by atoms with E-state index in [-0.39, 0.29) is 17.0 Å². The standard InChI is InChI=1S/C28H22FN7OS/c29-24-6-5-23(38-24)19-7-8-31-26-20(19)11-22(34-26)25-21-10-17(13-32-27(21)36-35-25)16-9-18(14-30-12-16)33-28(37)15-3-1-2-4-15/h5-15H,1-4H2,(H,31,34)(H,33,37)(H,32,35,36). The van der Waals surface area contributed by atoms with E-state index in [0.717, 1.165) is 75.1 Å². The van der Waals surface area contributed by atoms with Crippen molar-refractivity contribution in [2.24, 2.45) is 5.92 Å². The molecule has 1 aliphatic rings. The number of amides is 1. The summed E-state index contributed by atoms with van der Waals surface area (Å²) in [6, 6.07) is 11.0. The van der Waals surface area contributed by atoms with Gasteiger partial charge in [-0.3, -0.25) is 14.9 Å². The summed E-state index contributed by atoms with van der Waals surface area (Å²) in [4.78, 5) is 30.2. The Bertz CT molecular complexity index is 1810. The average molecular weight is 524 g/mol. The van der Waals surface area contributed by atoms with Crippen molar-refractivity contribution in [3.05, 3.63) is 66.3 Å². The molecule has 3 N–H and O–H groups in total. The second-order valence-electron chi connectivity index (χ2n) is 9.53. The number of H-pyrrole nitrogens is 2. The van der Waals surface area contributed by atoms with Crippen molar-refractivity contribution in [3.63, 3.8) is 0 Å². The van der Waals surface area contributed by atoms with Gasteiger partial charge in [0.2, 0.25) is 5.91 Å². The number of carbonyl (C=O) groups is 1. The topological polar surface area (TPSA) is 112 Å². The van der Waals surface area contributed by atoms with Gasteiger partial charge >= 0.3 is 0 Å². The van der Waals surface area contributed by atoms with Gasteiger partial charge < -0.3 is 10.3 Å². The van der Waals surface area contributed by atoms with E-state index in [0.29, 0.717) is 22.7 Å². The molecule has 0 atom stereocenters. The van der Waals surface area contributed by atoms with Crippen LogP contribution in [0.15, 0.2) is 61.2 Å². The Balaban J connectivity index is 1.24. The van der Waals surface area contributed by atoms with Crippen LogP contribution in [0.4, 0.5) is 10.1 Å². The minimum absolute atomic E-state index is 0.0595. The van der Waals surface area contributed by atoms with Crippen molar-refractivity contribution >= 4 is 45.0 Å². The fourth-order valence-electron chi connectivity index (χ4n) is 5.19. The molecule has 1 saturated carbocycles. The lowest BCUT2D eigenvalue weighted by Gasteiger charge is -2.11. The predicted molar refractivity (Wildman–Crippen MR) is 146 cm³/mol. The molecule has 8 nitrogen and oxygen atoms in total. The average Bonchev–Trinajstić information content (AvgIpc) is 3.74. The number of hydrogen-bond donors (Lipinski definition) is 3. The summed E-state index contributed by atoms with van der Waals surface area (Å²) >= 11 is 1.10. The number of aromatic nitrogens is 6. The van der Waals surface area contributed by atoms with Crippen molar-refractivity contribution in [1.29, 1.82) is 0 Å². The number of carbonyl (C=O) groups excluding carboxylic acids is 1. The third kappa shape index (κ3) is 4.03. The Hall–Kier alpha value is -4.44. The minimum atomic E-state index is -0.228. The number of aromatic amines is 2. The van der Waals surface area contributed by atoms with Gasteiger partial charge in [-0.05, 0) is 49.2 Å². The Kier molecular flexibility index (Phi) is 5.47. The van der Waals surface area contributed by atoms with Crippen LogP contribution < -0.4 is 5.32 Å². The van der Waals surface area contributed by atoms with Gasteiger partial charge in [0.25, 0.3) is 0 Å². The molecular weight excluding hydrogens is 501 g/mol. The zero-order chi connectivity index (χ0) is 25.6. The number of nitrogens with zero attached hydrogens (tertiary/aromatic N) is 4. The first-order valence-electron chi connectivity index (χ1n) is 12.5. The molecule has 188 valence electrons. The van der Waals surface area contributed by atoms with Crippen LogP contribution in [-0.4, -0.2) is 36.0 Å². The number of pyridine rings is 3. The van der Waals surface area contributed by atoms with Crippen LogP contribution in [0.3, 0.4) is 0 Å². The summed E-state index contributed by atoms with van der Waals surface area (Å²) < 4.78 is 13.7. The molecule has 10 heteroatoms. The van der Waals surface area contributed by atoms with Gasteiger partial charge in [0.1, 0.15) is 11.3 Å². The first kappa shape index (κ1) is 22.7. The number of anilines is 1. The quantitative estimate of drug-likeness (QED) is 0.237. The van der Waals surface area contributed by atoms with Crippen molar-refractivity contribution < 1.29 is 9.18 Å². The lowest BCUT2D eigenvalue weighted by atomic mass is 10.1.